The number of amides is 3. The lowest BCUT2D eigenvalue weighted by Gasteiger charge is -2.38. The first-order valence-corrected chi connectivity index (χ1v) is 14.3. The van der Waals surface area contributed by atoms with Crippen molar-refractivity contribution in [1.29, 1.82) is 0 Å². The predicted molar refractivity (Wildman–Crippen MR) is 151 cm³/mol. The summed E-state index contributed by atoms with van der Waals surface area (Å²) in [5.74, 6) is -2.23. The van der Waals surface area contributed by atoms with Crippen molar-refractivity contribution in [2.45, 2.75) is 76.2 Å². The van der Waals surface area contributed by atoms with Crippen molar-refractivity contribution in [2.75, 3.05) is 31.1 Å². The highest BCUT2D eigenvalue weighted by atomic mass is 16.5. The van der Waals surface area contributed by atoms with E-state index in [4.69, 9.17) is 4.74 Å². The molecule has 8 nitrogen and oxygen atoms in total. The molecule has 1 N–H and O–H groups in total. The maximum absolute atomic E-state index is 14.4. The molecule has 1 aromatic carbocycles. The second-order valence-electron chi connectivity index (χ2n) is 11.1. The Balaban J connectivity index is 1.81. The normalized spacial score (nSPS) is 29.7. The predicted octanol–water partition coefficient (Wildman–Crippen LogP) is 3.56. The van der Waals surface area contributed by atoms with Crippen LogP contribution in [0, 0.1) is 11.8 Å². The zero-order chi connectivity index (χ0) is 28.4. The summed E-state index contributed by atoms with van der Waals surface area (Å²) in [6.07, 6.45) is 6.74. The van der Waals surface area contributed by atoms with E-state index in [1.54, 1.807) is 22.0 Å². The summed E-state index contributed by atoms with van der Waals surface area (Å²) < 4.78 is 6.88. The fourth-order valence-electron chi connectivity index (χ4n) is 7.31. The number of para-hydroxylation sites is 1. The Labute approximate surface area is 232 Å². The first-order chi connectivity index (χ1) is 18.8. The molecule has 0 aliphatic carbocycles. The van der Waals surface area contributed by atoms with Gasteiger partial charge in [0, 0.05) is 31.4 Å². The minimum atomic E-state index is -1.12. The molecule has 39 heavy (non-hydrogen) atoms. The molecule has 3 saturated heterocycles. The number of hydrogen-bond acceptors (Lipinski definition) is 5. The fraction of sp³-hybridized carbons (Fsp3) is 0.581. The average Bonchev–Trinajstić information content (AvgIpc) is 3.54. The van der Waals surface area contributed by atoms with Crippen molar-refractivity contribution in [3.05, 3.63) is 55.6 Å². The Morgan fingerprint density at radius 3 is 2.44 bits per heavy atom. The summed E-state index contributed by atoms with van der Waals surface area (Å²) in [5, 5.41) is 9.93. The van der Waals surface area contributed by atoms with Crippen LogP contribution < -0.4 is 4.90 Å². The number of carbonyl (C=O) groups is 3. The number of benzene rings is 1. The molecule has 3 fully saturated rings. The minimum Gasteiger partial charge on any atom is -0.395 e. The zero-order valence-corrected chi connectivity index (χ0v) is 23.6. The average molecular weight is 538 g/mol. The number of β-amino-alcohol motifs (C(OH)–C–C–N with tert-alkyl or cyclic N) is 1. The quantitative estimate of drug-likeness (QED) is 0.389. The van der Waals surface area contributed by atoms with E-state index in [0.29, 0.717) is 25.8 Å². The van der Waals surface area contributed by atoms with Gasteiger partial charge in [0.2, 0.25) is 17.7 Å². The SMILES string of the molecule is C=CCN(C(=O)[C@H]1[C@H]2C(=O)N(CCO)C(C(=O)N(CC=C)C(C)CCC)C23CC[C@]1(CC)O3)c1ccccc1. The number of anilines is 1. The Bertz CT molecular complexity index is 1090. The number of carbonyl (C=O) groups excluding carboxylic acids is 3. The third-order valence-electron chi connectivity index (χ3n) is 9.01. The van der Waals surface area contributed by atoms with Crippen molar-refractivity contribution in [2.24, 2.45) is 11.8 Å². The molecule has 1 spiro atoms. The van der Waals surface area contributed by atoms with E-state index < -0.39 is 29.1 Å². The van der Waals surface area contributed by atoms with Crippen molar-refractivity contribution in [3.63, 3.8) is 0 Å². The first-order valence-electron chi connectivity index (χ1n) is 14.3. The van der Waals surface area contributed by atoms with Gasteiger partial charge in [0.15, 0.2) is 0 Å². The largest absolute Gasteiger partial charge is 0.395 e. The second-order valence-corrected chi connectivity index (χ2v) is 11.1. The smallest absolute Gasteiger partial charge is 0.248 e. The minimum absolute atomic E-state index is 0.00995. The van der Waals surface area contributed by atoms with E-state index in [0.717, 1.165) is 18.5 Å². The van der Waals surface area contributed by atoms with E-state index in [9.17, 15) is 19.5 Å². The second kappa shape index (κ2) is 11.6. The van der Waals surface area contributed by atoms with Gasteiger partial charge in [0.05, 0.1) is 24.0 Å². The molecule has 3 unspecified atom stereocenters. The Kier molecular flexibility index (Phi) is 8.66. The molecule has 1 aromatic rings. The third kappa shape index (κ3) is 4.61. The number of fused-ring (bicyclic) bond motifs is 1. The molecule has 3 aliphatic heterocycles. The molecule has 212 valence electrons. The van der Waals surface area contributed by atoms with Gasteiger partial charge in [-0.05, 0) is 44.7 Å². The van der Waals surface area contributed by atoms with E-state index in [2.05, 4.69) is 20.1 Å². The van der Waals surface area contributed by atoms with Crippen LogP contribution in [-0.2, 0) is 19.1 Å². The number of ether oxygens (including phenoxy) is 1. The van der Waals surface area contributed by atoms with Crippen LogP contribution in [0.15, 0.2) is 55.6 Å². The van der Waals surface area contributed by atoms with Crippen LogP contribution in [0.25, 0.3) is 0 Å². The topological polar surface area (TPSA) is 90.4 Å². The number of aliphatic hydroxyl groups excluding tert-OH is 1. The molecule has 2 bridgehead atoms. The van der Waals surface area contributed by atoms with Crippen LogP contribution in [0.5, 0.6) is 0 Å². The fourth-order valence-corrected chi connectivity index (χ4v) is 7.31. The highest BCUT2D eigenvalue weighted by Crippen LogP contribution is 2.64. The van der Waals surface area contributed by atoms with Gasteiger partial charge in [0.1, 0.15) is 11.6 Å². The summed E-state index contributed by atoms with van der Waals surface area (Å²) in [7, 11) is 0. The van der Waals surface area contributed by atoms with Crippen LogP contribution in [-0.4, -0.2) is 82.2 Å². The Hall–Kier alpha value is -2.97. The van der Waals surface area contributed by atoms with E-state index in [1.807, 2.05) is 44.2 Å². The van der Waals surface area contributed by atoms with Gasteiger partial charge in [-0.25, -0.2) is 0 Å². The lowest BCUT2D eigenvalue weighted by atomic mass is 9.64. The summed E-state index contributed by atoms with van der Waals surface area (Å²) in [4.78, 5) is 47.9. The van der Waals surface area contributed by atoms with Crippen molar-refractivity contribution < 1.29 is 24.2 Å². The molecular formula is C31H43N3O5. The molecule has 3 heterocycles. The molecule has 3 amide bonds. The van der Waals surface area contributed by atoms with Gasteiger partial charge < -0.3 is 24.5 Å². The summed E-state index contributed by atoms with van der Waals surface area (Å²) >= 11 is 0. The van der Waals surface area contributed by atoms with Gasteiger partial charge in [-0.3, -0.25) is 14.4 Å². The maximum atomic E-state index is 14.4. The Morgan fingerprint density at radius 2 is 1.85 bits per heavy atom. The van der Waals surface area contributed by atoms with Crippen LogP contribution in [0.4, 0.5) is 5.69 Å². The number of rotatable bonds is 13. The number of likely N-dealkylation sites (tertiary alicyclic amines) is 1. The highest BCUT2D eigenvalue weighted by Gasteiger charge is 2.79. The van der Waals surface area contributed by atoms with Gasteiger partial charge in [-0.15, -0.1) is 13.2 Å². The molecular weight excluding hydrogens is 494 g/mol. The summed E-state index contributed by atoms with van der Waals surface area (Å²) in [5.41, 5.74) is -1.24. The van der Waals surface area contributed by atoms with E-state index >= 15 is 0 Å². The lowest BCUT2D eigenvalue weighted by Crippen LogP contribution is -2.58. The van der Waals surface area contributed by atoms with Crippen LogP contribution in [0.3, 0.4) is 0 Å². The van der Waals surface area contributed by atoms with Crippen molar-refractivity contribution in [3.8, 4) is 0 Å². The molecule has 0 saturated carbocycles. The van der Waals surface area contributed by atoms with E-state index in [-0.39, 0.29) is 43.5 Å². The molecule has 3 aliphatic rings. The summed E-state index contributed by atoms with van der Waals surface area (Å²) in [6, 6.07) is 8.41. The molecule has 0 aromatic heterocycles. The molecule has 8 heteroatoms. The number of nitrogens with zero attached hydrogens (tertiary/aromatic N) is 3. The number of aliphatic hydroxyl groups is 1. The standard InChI is InChI=1S/C31H43N3O5/c1-6-13-22(5)32(18-7-2)29(38)26-31-17-16-30(9-4,39-31)24(25(31)28(37)34(26)20-21-35)27(36)33(19-8-3)23-14-11-10-12-15-23/h7-8,10-12,14-15,22,24-26,35H,2-3,6,9,13,16-21H2,1,4-5H3/t22?,24-,25+,26?,30+,31?/m1/s1. The lowest BCUT2D eigenvalue weighted by molar-refractivity contribution is -0.154. The van der Waals surface area contributed by atoms with Gasteiger partial charge >= 0.3 is 0 Å². The first kappa shape index (κ1) is 29.0. The number of hydrogen-bond donors (Lipinski definition) is 1. The molecule has 6 atom stereocenters. The van der Waals surface area contributed by atoms with Gasteiger partial charge in [-0.1, -0.05) is 50.6 Å². The van der Waals surface area contributed by atoms with Crippen molar-refractivity contribution >= 4 is 23.4 Å². The van der Waals surface area contributed by atoms with Crippen molar-refractivity contribution in [1.82, 2.24) is 9.80 Å². The summed E-state index contributed by atoms with van der Waals surface area (Å²) in [6.45, 7) is 14.1. The molecule has 4 rings (SSSR count). The van der Waals surface area contributed by atoms with Crippen LogP contribution in [0.2, 0.25) is 0 Å². The highest BCUT2D eigenvalue weighted by molar-refractivity contribution is 6.03. The Morgan fingerprint density at radius 1 is 1.15 bits per heavy atom. The monoisotopic (exact) mass is 537 g/mol. The van der Waals surface area contributed by atoms with Crippen LogP contribution in [0.1, 0.15) is 52.9 Å². The van der Waals surface area contributed by atoms with Gasteiger partial charge in [-0.2, -0.15) is 0 Å². The maximum Gasteiger partial charge on any atom is 0.248 e. The third-order valence-corrected chi connectivity index (χ3v) is 9.01. The zero-order valence-electron chi connectivity index (χ0n) is 23.6. The van der Waals surface area contributed by atoms with E-state index in [1.165, 1.54) is 4.90 Å². The molecule has 0 radical (unpaired) electrons. The van der Waals surface area contributed by atoms with Gasteiger partial charge in [0.25, 0.3) is 0 Å². The van der Waals surface area contributed by atoms with Crippen LogP contribution >= 0.6 is 0 Å².